The summed E-state index contributed by atoms with van der Waals surface area (Å²) in [6.07, 6.45) is 4.18. The zero-order valence-corrected chi connectivity index (χ0v) is 24.7. The minimum absolute atomic E-state index is 0.0212. The predicted molar refractivity (Wildman–Crippen MR) is 160 cm³/mol. The molecular formula is C30H37BrN6O2. The molecule has 8 nitrogen and oxygen atoms in total. The predicted octanol–water partition coefficient (Wildman–Crippen LogP) is 5.96. The van der Waals surface area contributed by atoms with Gasteiger partial charge in [0.1, 0.15) is 5.82 Å². The molecule has 5 rings (SSSR count). The molecule has 0 spiro atoms. The SMILES string of the molecule is COCCN1CCCC(c2ccc(Nc3ncc(Br)c(NCc4cccc5c4C(C)(C)C(=O)N5)n3)c(C)c2)C1. The van der Waals surface area contributed by atoms with Crippen molar-refractivity contribution >= 4 is 45.0 Å². The summed E-state index contributed by atoms with van der Waals surface area (Å²) in [7, 11) is 1.76. The van der Waals surface area contributed by atoms with E-state index in [9.17, 15) is 4.79 Å². The molecule has 2 aliphatic heterocycles. The maximum atomic E-state index is 12.5. The largest absolute Gasteiger partial charge is 0.383 e. The Balaban J connectivity index is 1.27. The summed E-state index contributed by atoms with van der Waals surface area (Å²) in [6.45, 7) is 10.6. The van der Waals surface area contributed by atoms with E-state index < -0.39 is 5.41 Å². The molecule has 206 valence electrons. The Kier molecular flexibility index (Phi) is 8.21. The second-order valence-electron chi connectivity index (χ2n) is 11.0. The van der Waals surface area contributed by atoms with Gasteiger partial charge in [-0.2, -0.15) is 4.98 Å². The number of rotatable bonds is 9. The topological polar surface area (TPSA) is 91.4 Å². The average Bonchev–Trinajstić information content (AvgIpc) is 3.17. The number of hydrogen-bond donors (Lipinski definition) is 3. The number of anilines is 4. The standard InChI is InChI=1S/C30H37BrN6O2/c1-19-15-20(22-8-6-12-37(18-22)13-14-39-4)10-11-24(19)35-29-33-17-23(31)27(36-29)32-16-21-7-5-9-25-26(21)30(2,3)28(38)34-25/h5,7,9-11,15,17,22H,6,8,12-14,16,18H2,1-4H3,(H,34,38)(H2,32,33,35,36). The van der Waals surface area contributed by atoms with Crippen LogP contribution in [0.3, 0.4) is 0 Å². The van der Waals surface area contributed by atoms with Crippen LogP contribution in [0.4, 0.5) is 23.1 Å². The molecule has 3 aromatic rings. The Morgan fingerprint density at radius 3 is 2.90 bits per heavy atom. The number of amides is 1. The first-order valence-electron chi connectivity index (χ1n) is 13.6. The van der Waals surface area contributed by atoms with E-state index in [-0.39, 0.29) is 5.91 Å². The Morgan fingerprint density at radius 1 is 1.26 bits per heavy atom. The number of benzene rings is 2. The van der Waals surface area contributed by atoms with Crippen molar-refractivity contribution in [1.82, 2.24) is 14.9 Å². The molecule has 1 fully saturated rings. The fourth-order valence-electron chi connectivity index (χ4n) is 5.66. The average molecular weight is 594 g/mol. The van der Waals surface area contributed by atoms with Crippen molar-refractivity contribution in [2.75, 3.05) is 49.3 Å². The van der Waals surface area contributed by atoms with E-state index >= 15 is 0 Å². The lowest BCUT2D eigenvalue weighted by molar-refractivity contribution is -0.119. The Morgan fingerprint density at radius 2 is 2.10 bits per heavy atom. The number of carbonyl (C=O) groups is 1. The number of fused-ring (bicyclic) bond motifs is 1. The molecule has 9 heteroatoms. The van der Waals surface area contributed by atoms with Gasteiger partial charge in [0.15, 0.2) is 0 Å². The first-order valence-corrected chi connectivity index (χ1v) is 14.3. The molecule has 0 saturated carbocycles. The molecule has 39 heavy (non-hydrogen) atoms. The van der Waals surface area contributed by atoms with E-state index in [0.29, 0.717) is 24.2 Å². The van der Waals surface area contributed by atoms with Crippen molar-refractivity contribution in [2.45, 2.75) is 51.5 Å². The fourth-order valence-corrected chi connectivity index (χ4v) is 6.00. The molecule has 1 aromatic heterocycles. The summed E-state index contributed by atoms with van der Waals surface area (Å²) in [5, 5.41) is 9.83. The van der Waals surface area contributed by atoms with Crippen LogP contribution < -0.4 is 16.0 Å². The van der Waals surface area contributed by atoms with Crippen LogP contribution in [-0.2, 0) is 21.5 Å². The van der Waals surface area contributed by atoms with Gasteiger partial charge in [0, 0.05) is 44.3 Å². The van der Waals surface area contributed by atoms with E-state index in [1.165, 1.54) is 24.0 Å². The monoisotopic (exact) mass is 592 g/mol. The molecule has 2 aliphatic rings. The number of aromatic nitrogens is 2. The molecule has 0 bridgehead atoms. The summed E-state index contributed by atoms with van der Waals surface area (Å²) in [6, 6.07) is 12.6. The van der Waals surface area contributed by atoms with Crippen LogP contribution in [0.2, 0.25) is 0 Å². The van der Waals surface area contributed by atoms with E-state index in [1.54, 1.807) is 13.3 Å². The summed E-state index contributed by atoms with van der Waals surface area (Å²) in [5.74, 6) is 1.77. The van der Waals surface area contributed by atoms with Gasteiger partial charge in [0.2, 0.25) is 11.9 Å². The molecule has 1 saturated heterocycles. The molecule has 2 aromatic carbocycles. The number of likely N-dealkylation sites (tertiary alicyclic amines) is 1. The van der Waals surface area contributed by atoms with Crippen molar-refractivity contribution in [1.29, 1.82) is 0 Å². The normalized spacial score (nSPS) is 18.5. The van der Waals surface area contributed by atoms with Crippen molar-refractivity contribution in [3.8, 4) is 0 Å². The number of halogens is 1. The Bertz CT molecular complexity index is 1360. The van der Waals surface area contributed by atoms with Crippen molar-refractivity contribution in [3.63, 3.8) is 0 Å². The first-order chi connectivity index (χ1) is 18.8. The van der Waals surface area contributed by atoms with Gasteiger partial charge in [-0.05, 0) is 96.4 Å². The second-order valence-corrected chi connectivity index (χ2v) is 11.8. The maximum Gasteiger partial charge on any atom is 0.234 e. The quantitative estimate of drug-likeness (QED) is 0.282. The van der Waals surface area contributed by atoms with Gasteiger partial charge < -0.3 is 25.6 Å². The van der Waals surface area contributed by atoms with Crippen molar-refractivity contribution < 1.29 is 9.53 Å². The third kappa shape index (κ3) is 5.95. The van der Waals surface area contributed by atoms with Gasteiger partial charge in [0.05, 0.1) is 16.5 Å². The number of aryl methyl sites for hydroxylation is 1. The smallest absolute Gasteiger partial charge is 0.234 e. The van der Waals surface area contributed by atoms with Crippen LogP contribution in [0.25, 0.3) is 0 Å². The Labute approximate surface area is 239 Å². The third-order valence-electron chi connectivity index (χ3n) is 7.87. The van der Waals surface area contributed by atoms with E-state index in [1.807, 2.05) is 26.0 Å². The minimum Gasteiger partial charge on any atom is -0.383 e. The molecule has 1 unspecified atom stereocenters. The van der Waals surface area contributed by atoms with Gasteiger partial charge in [-0.3, -0.25) is 4.79 Å². The van der Waals surface area contributed by atoms with Crippen molar-refractivity contribution in [3.05, 3.63) is 69.3 Å². The minimum atomic E-state index is -0.577. The van der Waals surface area contributed by atoms with Crippen LogP contribution in [0, 0.1) is 6.92 Å². The van der Waals surface area contributed by atoms with Gasteiger partial charge >= 0.3 is 0 Å². The number of hydrogen-bond acceptors (Lipinski definition) is 7. The van der Waals surface area contributed by atoms with Crippen LogP contribution in [-0.4, -0.2) is 54.1 Å². The summed E-state index contributed by atoms with van der Waals surface area (Å²) in [5.41, 5.74) is 5.93. The lowest BCUT2D eigenvalue weighted by Crippen LogP contribution is -2.36. The van der Waals surface area contributed by atoms with Crippen LogP contribution in [0.15, 0.2) is 47.1 Å². The van der Waals surface area contributed by atoms with E-state index in [2.05, 4.69) is 73.0 Å². The maximum absolute atomic E-state index is 12.5. The van der Waals surface area contributed by atoms with E-state index in [4.69, 9.17) is 9.72 Å². The van der Waals surface area contributed by atoms with Crippen LogP contribution in [0.1, 0.15) is 54.9 Å². The van der Waals surface area contributed by atoms with Gasteiger partial charge in [-0.1, -0.05) is 24.3 Å². The highest BCUT2D eigenvalue weighted by Crippen LogP contribution is 2.40. The number of nitrogens with one attached hydrogen (secondary N) is 3. The number of piperidine rings is 1. The van der Waals surface area contributed by atoms with Crippen LogP contribution >= 0.6 is 15.9 Å². The van der Waals surface area contributed by atoms with Crippen molar-refractivity contribution in [2.24, 2.45) is 0 Å². The molecule has 3 N–H and O–H groups in total. The molecule has 0 aliphatic carbocycles. The zero-order valence-electron chi connectivity index (χ0n) is 23.1. The van der Waals surface area contributed by atoms with Gasteiger partial charge in [-0.25, -0.2) is 4.98 Å². The molecule has 0 radical (unpaired) electrons. The molecule has 1 amide bonds. The lowest BCUT2D eigenvalue weighted by Gasteiger charge is -2.33. The zero-order chi connectivity index (χ0) is 27.6. The highest BCUT2D eigenvalue weighted by atomic mass is 79.9. The second kappa shape index (κ2) is 11.6. The Hall–Kier alpha value is -3.01. The fraction of sp³-hybridized carbons (Fsp3) is 0.433. The van der Waals surface area contributed by atoms with Gasteiger partial charge in [-0.15, -0.1) is 0 Å². The summed E-state index contributed by atoms with van der Waals surface area (Å²) >= 11 is 3.58. The summed E-state index contributed by atoms with van der Waals surface area (Å²) < 4.78 is 6.05. The highest BCUT2D eigenvalue weighted by Gasteiger charge is 2.39. The molecule has 1 atom stereocenters. The van der Waals surface area contributed by atoms with Gasteiger partial charge in [0.25, 0.3) is 0 Å². The number of ether oxygens (including phenoxy) is 1. The number of carbonyl (C=O) groups excluding carboxylic acids is 1. The third-order valence-corrected chi connectivity index (χ3v) is 8.45. The molecule has 3 heterocycles. The molecular weight excluding hydrogens is 556 g/mol. The summed E-state index contributed by atoms with van der Waals surface area (Å²) in [4.78, 5) is 24.2. The first kappa shape index (κ1) is 27.6. The van der Waals surface area contributed by atoms with Crippen LogP contribution in [0.5, 0.6) is 0 Å². The highest BCUT2D eigenvalue weighted by molar-refractivity contribution is 9.10. The number of methoxy groups -OCH3 is 1. The lowest BCUT2D eigenvalue weighted by atomic mass is 9.83. The van der Waals surface area contributed by atoms with E-state index in [0.717, 1.165) is 53.2 Å². The number of nitrogens with zero attached hydrogens (tertiary/aromatic N) is 3.